The van der Waals surface area contributed by atoms with E-state index in [1.807, 2.05) is 12.1 Å². The van der Waals surface area contributed by atoms with Gasteiger partial charge in [-0.15, -0.1) is 0 Å². The number of piperidine rings is 1. The lowest BCUT2D eigenvalue weighted by Crippen LogP contribution is -2.27. The van der Waals surface area contributed by atoms with Gasteiger partial charge in [-0.2, -0.15) is 0 Å². The van der Waals surface area contributed by atoms with Crippen molar-refractivity contribution in [1.29, 1.82) is 0 Å². The highest BCUT2D eigenvalue weighted by Gasteiger charge is 2.24. The van der Waals surface area contributed by atoms with Gasteiger partial charge in [0, 0.05) is 25.2 Å². The average molecular weight is 392 g/mol. The summed E-state index contributed by atoms with van der Waals surface area (Å²) in [6.07, 6.45) is 1.73. The molecule has 2 aliphatic rings. The Morgan fingerprint density at radius 1 is 1.14 bits per heavy atom. The van der Waals surface area contributed by atoms with Crippen LogP contribution in [-0.4, -0.2) is 37.7 Å². The summed E-state index contributed by atoms with van der Waals surface area (Å²) in [4.78, 5) is 14.1. The van der Waals surface area contributed by atoms with E-state index in [1.165, 1.54) is 22.3 Å². The molecule has 0 atom stereocenters. The molecule has 5 nitrogen and oxygen atoms in total. The van der Waals surface area contributed by atoms with E-state index in [1.54, 1.807) is 6.92 Å². The standard InChI is InChI=1S/C24H28N2O3/c1-3-28-24(27)25-15-17-8-9-22-21(14-17)23(18-10-12-26(2)13-11-18)20-7-5-4-6-19(20)16-29-22/h4-9,14H,3,10-13,15-16H2,1-2H3,(H,25,27). The van der Waals surface area contributed by atoms with E-state index < -0.39 is 6.09 Å². The molecule has 2 aliphatic heterocycles. The highest BCUT2D eigenvalue weighted by molar-refractivity contribution is 5.87. The van der Waals surface area contributed by atoms with Crippen LogP contribution in [0.3, 0.4) is 0 Å². The van der Waals surface area contributed by atoms with Crippen molar-refractivity contribution >= 4 is 11.7 Å². The summed E-state index contributed by atoms with van der Waals surface area (Å²) in [5, 5.41) is 2.82. The number of likely N-dealkylation sites (tertiary alicyclic amines) is 1. The molecule has 2 heterocycles. The molecule has 1 fully saturated rings. The van der Waals surface area contributed by atoms with E-state index in [2.05, 4.69) is 47.6 Å². The molecular formula is C24H28N2O3. The lowest BCUT2D eigenvalue weighted by atomic mass is 9.86. The van der Waals surface area contributed by atoms with Gasteiger partial charge in [-0.25, -0.2) is 4.79 Å². The Kier molecular flexibility index (Phi) is 5.86. The van der Waals surface area contributed by atoms with Crippen molar-refractivity contribution in [3.05, 3.63) is 70.3 Å². The number of alkyl carbamates (subject to hydrolysis) is 1. The maximum atomic E-state index is 11.7. The Morgan fingerprint density at radius 3 is 2.72 bits per heavy atom. The van der Waals surface area contributed by atoms with Crippen molar-refractivity contribution in [2.75, 3.05) is 26.7 Å². The third-order valence-corrected chi connectivity index (χ3v) is 5.64. The first kappa shape index (κ1) is 19.5. The van der Waals surface area contributed by atoms with Crippen LogP contribution in [0, 0.1) is 0 Å². The van der Waals surface area contributed by atoms with Crippen molar-refractivity contribution in [3.8, 4) is 5.75 Å². The molecule has 2 aromatic carbocycles. The van der Waals surface area contributed by atoms with Crippen molar-refractivity contribution in [2.45, 2.75) is 32.9 Å². The highest BCUT2D eigenvalue weighted by atomic mass is 16.5. The van der Waals surface area contributed by atoms with Crippen LogP contribution in [0.15, 0.2) is 48.0 Å². The second kappa shape index (κ2) is 8.70. The number of hydrogen-bond donors (Lipinski definition) is 1. The van der Waals surface area contributed by atoms with E-state index in [4.69, 9.17) is 9.47 Å². The molecule has 0 unspecified atom stereocenters. The zero-order valence-electron chi connectivity index (χ0n) is 17.2. The number of fused-ring (bicyclic) bond motifs is 2. The first-order valence-electron chi connectivity index (χ1n) is 10.3. The fraction of sp³-hybridized carbons (Fsp3) is 0.375. The van der Waals surface area contributed by atoms with Gasteiger partial charge < -0.3 is 19.7 Å². The van der Waals surface area contributed by atoms with E-state index >= 15 is 0 Å². The number of carbonyl (C=O) groups excluding carboxylic acids is 1. The molecule has 0 saturated carbocycles. The molecule has 1 N–H and O–H groups in total. The van der Waals surface area contributed by atoms with Crippen LogP contribution in [0.2, 0.25) is 0 Å². The number of nitrogens with one attached hydrogen (secondary N) is 1. The second-order valence-corrected chi connectivity index (χ2v) is 7.63. The third-order valence-electron chi connectivity index (χ3n) is 5.64. The van der Waals surface area contributed by atoms with E-state index in [0.29, 0.717) is 19.8 Å². The van der Waals surface area contributed by atoms with Gasteiger partial charge in [-0.1, -0.05) is 35.9 Å². The summed E-state index contributed by atoms with van der Waals surface area (Å²) < 4.78 is 11.2. The highest BCUT2D eigenvalue weighted by Crippen LogP contribution is 2.41. The molecule has 1 amide bonds. The second-order valence-electron chi connectivity index (χ2n) is 7.63. The number of amides is 1. The fourth-order valence-corrected chi connectivity index (χ4v) is 4.07. The molecule has 0 aromatic heterocycles. The molecular weight excluding hydrogens is 364 g/mol. The summed E-state index contributed by atoms with van der Waals surface area (Å²) in [5.74, 6) is 0.905. The van der Waals surface area contributed by atoms with Crippen LogP contribution < -0.4 is 10.1 Å². The number of benzene rings is 2. The zero-order chi connectivity index (χ0) is 20.2. The quantitative estimate of drug-likeness (QED) is 0.844. The van der Waals surface area contributed by atoms with Crippen LogP contribution in [-0.2, 0) is 17.9 Å². The van der Waals surface area contributed by atoms with Crippen molar-refractivity contribution in [1.82, 2.24) is 10.2 Å². The van der Waals surface area contributed by atoms with Gasteiger partial charge in [0.2, 0.25) is 0 Å². The predicted molar refractivity (Wildman–Crippen MR) is 114 cm³/mol. The predicted octanol–water partition coefficient (Wildman–Crippen LogP) is 4.35. The Labute approximate surface area is 172 Å². The minimum Gasteiger partial charge on any atom is -0.488 e. The topological polar surface area (TPSA) is 50.8 Å². The molecule has 152 valence electrons. The van der Waals surface area contributed by atoms with Crippen LogP contribution in [0.25, 0.3) is 5.57 Å². The molecule has 4 rings (SSSR count). The van der Waals surface area contributed by atoms with Gasteiger partial charge >= 0.3 is 6.09 Å². The monoisotopic (exact) mass is 392 g/mol. The Hall–Kier alpha value is -2.79. The lowest BCUT2D eigenvalue weighted by molar-refractivity contribution is 0.151. The van der Waals surface area contributed by atoms with Gasteiger partial charge in [-0.05, 0) is 61.2 Å². The first-order valence-corrected chi connectivity index (χ1v) is 10.3. The largest absolute Gasteiger partial charge is 0.488 e. The smallest absolute Gasteiger partial charge is 0.407 e. The van der Waals surface area contributed by atoms with Gasteiger partial charge in [0.15, 0.2) is 0 Å². The maximum Gasteiger partial charge on any atom is 0.407 e. The van der Waals surface area contributed by atoms with Crippen molar-refractivity contribution < 1.29 is 14.3 Å². The minimum atomic E-state index is -0.391. The van der Waals surface area contributed by atoms with E-state index in [0.717, 1.165) is 42.8 Å². The van der Waals surface area contributed by atoms with Crippen molar-refractivity contribution in [3.63, 3.8) is 0 Å². The number of ether oxygens (including phenoxy) is 2. The molecule has 29 heavy (non-hydrogen) atoms. The maximum absolute atomic E-state index is 11.7. The van der Waals surface area contributed by atoms with Crippen LogP contribution in [0.1, 0.15) is 42.0 Å². The summed E-state index contributed by atoms with van der Waals surface area (Å²) in [6.45, 7) is 5.31. The minimum absolute atomic E-state index is 0.366. The number of carbonyl (C=O) groups is 1. The Bertz CT molecular complexity index is 925. The average Bonchev–Trinajstić information content (AvgIpc) is 2.90. The van der Waals surface area contributed by atoms with Crippen molar-refractivity contribution in [2.24, 2.45) is 0 Å². The normalized spacial score (nSPS) is 16.3. The number of rotatable bonds is 3. The molecule has 5 heteroatoms. The summed E-state index contributed by atoms with van der Waals surface area (Å²) in [6, 6.07) is 14.7. The summed E-state index contributed by atoms with van der Waals surface area (Å²) in [7, 11) is 2.18. The SMILES string of the molecule is CCOC(=O)NCc1ccc2c(c1)C(=C1CCN(C)CC1)c1ccccc1CO2. The first-order chi connectivity index (χ1) is 14.2. The third kappa shape index (κ3) is 4.30. The van der Waals surface area contributed by atoms with Gasteiger partial charge in [-0.3, -0.25) is 0 Å². The Morgan fingerprint density at radius 2 is 1.93 bits per heavy atom. The van der Waals surface area contributed by atoms with Gasteiger partial charge in [0.1, 0.15) is 12.4 Å². The molecule has 0 bridgehead atoms. The molecule has 2 aromatic rings. The molecule has 1 saturated heterocycles. The van der Waals surface area contributed by atoms with Crippen LogP contribution in [0.4, 0.5) is 4.79 Å². The van der Waals surface area contributed by atoms with Crippen LogP contribution in [0.5, 0.6) is 5.75 Å². The van der Waals surface area contributed by atoms with Gasteiger partial charge in [0.05, 0.1) is 6.61 Å². The van der Waals surface area contributed by atoms with Gasteiger partial charge in [0.25, 0.3) is 0 Å². The molecule has 0 spiro atoms. The summed E-state index contributed by atoms with van der Waals surface area (Å²) >= 11 is 0. The number of hydrogen-bond acceptors (Lipinski definition) is 4. The zero-order valence-corrected chi connectivity index (χ0v) is 17.2. The summed E-state index contributed by atoms with van der Waals surface area (Å²) in [5.41, 5.74) is 7.43. The molecule has 0 radical (unpaired) electrons. The molecule has 0 aliphatic carbocycles. The Balaban J connectivity index is 1.75. The van der Waals surface area contributed by atoms with E-state index in [-0.39, 0.29) is 0 Å². The van der Waals surface area contributed by atoms with E-state index in [9.17, 15) is 4.79 Å². The fourth-order valence-electron chi connectivity index (χ4n) is 4.07. The number of nitrogens with zero attached hydrogens (tertiary/aromatic N) is 1. The van der Waals surface area contributed by atoms with Crippen LogP contribution >= 0.6 is 0 Å². The lowest BCUT2D eigenvalue weighted by Gasteiger charge is -2.27.